The standard InChI is InChI=1S/C18H18BrClN2O4S/c19-13-3-6-15(7-4-13)26-12-18(23)21-14-5-8-16(20)17(11-14)27(24,25)22-9-1-2-10-22/h3-8,11H,1-2,9-10,12H2,(H,21,23). The van der Waals surface area contributed by atoms with Crippen LogP contribution < -0.4 is 10.1 Å². The molecule has 2 aromatic rings. The van der Waals surface area contributed by atoms with Gasteiger partial charge in [0.2, 0.25) is 10.0 Å². The van der Waals surface area contributed by atoms with Gasteiger partial charge in [0.05, 0.1) is 5.02 Å². The average molecular weight is 474 g/mol. The molecule has 9 heteroatoms. The van der Waals surface area contributed by atoms with Gasteiger partial charge in [0.1, 0.15) is 10.6 Å². The van der Waals surface area contributed by atoms with Crippen molar-refractivity contribution in [1.82, 2.24) is 4.31 Å². The summed E-state index contributed by atoms with van der Waals surface area (Å²) in [6.45, 7) is 0.769. The number of nitrogens with zero attached hydrogens (tertiary/aromatic N) is 1. The third-order valence-corrected chi connectivity index (χ3v) is 6.99. The maximum absolute atomic E-state index is 12.7. The fourth-order valence-electron chi connectivity index (χ4n) is 2.72. The number of anilines is 1. The molecule has 27 heavy (non-hydrogen) atoms. The number of carbonyl (C=O) groups excluding carboxylic acids is 1. The molecule has 0 saturated carbocycles. The highest BCUT2D eigenvalue weighted by molar-refractivity contribution is 9.10. The predicted octanol–water partition coefficient (Wildman–Crippen LogP) is 3.90. The van der Waals surface area contributed by atoms with Crippen LogP contribution in [0.4, 0.5) is 5.69 Å². The molecule has 0 atom stereocenters. The van der Waals surface area contributed by atoms with Crippen LogP contribution in [-0.4, -0.2) is 38.3 Å². The largest absolute Gasteiger partial charge is 0.484 e. The molecule has 0 unspecified atom stereocenters. The Balaban J connectivity index is 1.68. The van der Waals surface area contributed by atoms with Gasteiger partial charge in [-0.15, -0.1) is 0 Å². The van der Waals surface area contributed by atoms with Crippen molar-refractivity contribution in [1.29, 1.82) is 0 Å². The number of nitrogens with one attached hydrogen (secondary N) is 1. The molecule has 1 aliphatic heterocycles. The molecule has 2 aromatic carbocycles. The van der Waals surface area contributed by atoms with Crippen LogP contribution in [0.1, 0.15) is 12.8 Å². The summed E-state index contributed by atoms with van der Waals surface area (Å²) in [5, 5.41) is 2.77. The zero-order valence-electron chi connectivity index (χ0n) is 14.3. The number of benzene rings is 2. The zero-order valence-corrected chi connectivity index (χ0v) is 17.5. The van der Waals surface area contributed by atoms with Gasteiger partial charge in [-0.2, -0.15) is 4.31 Å². The van der Waals surface area contributed by atoms with Gasteiger partial charge >= 0.3 is 0 Å². The van der Waals surface area contributed by atoms with Crippen molar-refractivity contribution in [2.45, 2.75) is 17.7 Å². The molecular formula is C18H18BrClN2O4S. The quantitative estimate of drug-likeness (QED) is 0.690. The fourth-order valence-corrected chi connectivity index (χ4v) is 5.00. The summed E-state index contributed by atoms with van der Waals surface area (Å²) >= 11 is 9.43. The second-order valence-electron chi connectivity index (χ2n) is 6.05. The highest BCUT2D eigenvalue weighted by Crippen LogP contribution is 2.29. The lowest BCUT2D eigenvalue weighted by molar-refractivity contribution is -0.118. The maximum Gasteiger partial charge on any atom is 0.262 e. The number of sulfonamides is 1. The summed E-state index contributed by atoms with van der Waals surface area (Å²) in [5.41, 5.74) is 0.349. The van der Waals surface area contributed by atoms with Crippen LogP contribution in [-0.2, 0) is 14.8 Å². The number of rotatable bonds is 6. The van der Waals surface area contributed by atoms with Crippen LogP contribution in [0.5, 0.6) is 5.75 Å². The Kier molecular flexibility index (Phi) is 6.41. The predicted molar refractivity (Wildman–Crippen MR) is 108 cm³/mol. The van der Waals surface area contributed by atoms with Crippen LogP contribution in [0.15, 0.2) is 51.8 Å². The molecule has 144 valence electrons. The molecule has 0 aromatic heterocycles. The minimum Gasteiger partial charge on any atom is -0.484 e. The molecule has 1 aliphatic rings. The number of hydrogen-bond acceptors (Lipinski definition) is 4. The first-order chi connectivity index (χ1) is 12.9. The Hall–Kier alpha value is -1.61. The summed E-state index contributed by atoms with van der Waals surface area (Å²) in [4.78, 5) is 12.1. The van der Waals surface area contributed by atoms with E-state index in [0.29, 0.717) is 24.5 Å². The van der Waals surface area contributed by atoms with E-state index in [4.69, 9.17) is 16.3 Å². The van der Waals surface area contributed by atoms with Crippen molar-refractivity contribution < 1.29 is 17.9 Å². The van der Waals surface area contributed by atoms with Crippen molar-refractivity contribution in [2.24, 2.45) is 0 Å². The van der Waals surface area contributed by atoms with Crippen molar-refractivity contribution in [3.8, 4) is 5.75 Å². The first-order valence-electron chi connectivity index (χ1n) is 8.34. The van der Waals surface area contributed by atoms with E-state index in [1.54, 1.807) is 18.2 Å². The van der Waals surface area contributed by atoms with Crippen molar-refractivity contribution in [3.63, 3.8) is 0 Å². The topological polar surface area (TPSA) is 75.7 Å². The Morgan fingerprint density at radius 2 is 1.81 bits per heavy atom. The number of hydrogen-bond donors (Lipinski definition) is 1. The molecule has 0 radical (unpaired) electrons. The highest BCUT2D eigenvalue weighted by atomic mass is 79.9. The van der Waals surface area contributed by atoms with Crippen LogP contribution in [0.2, 0.25) is 5.02 Å². The van der Waals surface area contributed by atoms with Gasteiger partial charge in [0.25, 0.3) is 5.91 Å². The third kappa shape index (κ3) is 5.01. The monoisotopic (exact) mass is 472 g/mol. The Labute approximate surface area is 171 Å². The van der Waals surface area contributed by atoms with Gasteiger partial charge in [0, 0.05) is 23.2 Å². The van der Waals surface area contributed by atoms with Gasteiger partial charge in [0.15, 0.2) is 6.61 Å². The minimum atomic E-state index is -3.67. The Bertz CT molecular complexity index is 929. The first-order valence-corrected chi connectivity index (χ1v) is 11.0. The van der Waals surface area contributed by atoms with E-state index in [-0.39, 0.29) is 16.5 Å². The van der Waals surface area contributed by atoms with Crippen LogP contribution in [0.3, 0.4) is 0 Å². The van der Waals surface area contributed by atoms with E-state index in [9.17, 15) is 13.2 Å². The number of carbonyl (C=O) groups is 1. The maximum atomic E-state index is 12.7. The van der Waals surface area contributed by atoms with Crippen molar-refractivity contribution in [3.05, 3.63) is 52.0 Å². The number of amides is 1. The lowest BCUT2D eigenvalue weighted by Crippen LogP contribution is -2.28. The molecule has 0 bridgehead atoms. The molecule has 0 spiro atoms. The third-order valence-electron chi connectivity index (χ3n) is 4.08. The van der Waals surface area contributed by atoms with Crippen molar-refractivity contribution >= 4 is 49.1 Å². The molecule has 1 fully saturated rings. The number of ether oxygens (including phenoxy) is 1. The molecular weight excluding hydrogens is 456 g/mol. The summed E-state index contributed by atoms with van der Waals surface area (Å²) in [7, 11) is -3.67. The normalized spacial score (nSPS) is 14.9. The van der Waals surface area contributed by atoms with Crippen LogP contribution in [0, 0.1) is 0 Å². The van der Waals surface area contributed by atoms with E-state index in [0.717, 1.165) is 17.3 Å². The molecule has 6 nitrogen and oxygen atoms in total. The SMILES string of the molecule is O=C(COc1ccc(Br)cc1)Nc1ccc(Cl)c(S(=O)(=O)N2CCCC2)c1. The van der Waals surface area contributed by atoms with E-state index in [1.807, 2.05) is 12.1 Å². The van der Waals surface area contributed by atoms with Crippen molar-refractivity contribution in [2.75, 3.05) is 25.0 Å². The summed E-state index contributed by atoms with van der Waals surface area (Å²) in [6, 6.07) is 11.5. The first kappa shape index (κ1) is 20.1. The second-order valence-corrected chi connectivity index (χ2v) is 9.28. The Morgan fingerprint density at radius 3 is 2.48 bits per heavy atom. The van der Waals surface area contributed by atoms with Crippen LogP contribution >= 0.6 is 27.5 Å². The molecule has 3 rings (SSSR count). The molecule has 1 saturated heterocycles. The Morgan fingerprint density at radius 1 is 1.15 bits per heavy atom. The number of halogens is 2. The van der Waals surface area contributed by atoms with Gasteiger partial charge in [-0.25, -0.2) is 8.42 Å². The van der Waals surface area contributed by atoms with Gasteiger partial charge < -0.3 is 10.1 Å². The highest BCUT2D eigenvalue weighted by Gasteiger charge is 2.29. The van der Waals surface area contributed by atoms with Crippen LogP contribution in [0.25, 0.3) is 0 Å². The van der Waals surface area contributed by atoms with E-state index < -0.39 is 15.9 Å². The van der Waals surface area contributed by atoms with Gasteiger partial charge in [-0.1, -0.05) is 27.5 Å². The second kappa shape index (κ2) is 8.60. The lowest BCUT2D eigenvalue weighted by Gasteiger charge is -2.17. The molecule has 0 aliphatic carbocycles. The average Bonchev–Trinajstić information content (AvgIpc) is 3.18. The van der Waals surface area contributed by atoms with E-state index in [2.05, 4.69) is 21.2 Å². The summed E-state index contributed by atoms with van der Waals surface area (Å²) < 4.78 is 33.2. The fraction of sp³-hybridized carbons (Fsp3) is 0.278. The van der Waals surface area contributed by atoms with Gasteiger partial charge in [-0.05, 0) is 55.3 Å². The molecule has 1 heterocycles. The van der Waals surface area contributed by atoms with E-state index >= 15 is 0 Å². The van der Waals surface area contributed by atoms with E-state index in [1.165, 1.54) is 16.4 Å². The van der Waals surface area contributed by atoms with Gasteiger partial charge in [-0.3, -0.25) is 4.79 Å². The molecule has 1 amide bonds. The smallest absolute Gasteiger partial charge is 0.262 e. The minimum absolute atomic E-state index is 0.00213. The lowest BCUT2D eigenvalue weighted by atomic mass is 10.3. The zero-order chi connectivity index (χ0) is 19.4. The summed E-state index contributed by atoms with van der Waals surface area (Å²) in [5.74, 6) is 0.159. The molecule has 1 N–H and O–H groups in total. The summed E-state index contributed by atoms with van der Waals surface area (Å²) in [6.07, 6.45) is 1.67.